The van der Waals surface area contributed by atoms with Crippen LogP contribution in [0.25, 0.3) is 0 Å². The average Bonchev–Trinajstić information content (AvgIpc) is 3.25. The lowest BCUT2D eigenvalue weighted by Crippen LogP contribution is -3.00. The van der Waals surface area contributed by atoms with E-state index in [2.05, 4.69) is 4.58 Å². The number of halogens is 3. The van der Waals surface area contributed by atoms with Crippen molar-refractivity contribution in [1.82, 2.24) is 0 Å². The molecule has 33 heavy (non-hydrogen) atoms. The van der Waals surface area contributed by atoms with Crippen LogP contribution in [0, 0.1) is 11.6 Å². The molecule has 0 radical (unpaired) electrons. The largest absolute Gasteiger partial charge is 1.00 e. The molecule has 2 heterocycles. The van der Waals surface area contributed by atoms with Gasteiger partial charge in [0.2, 0.25) is 12.5 Å². The number of para-hydroxylation sites is 1. The zero-order valence-corrected chi connectivity index (χ0v) is 19.7. The van der Waals surface area contributed by atoms with E-state index in [9.17, 15) is 8.78 Å². The molecular weight excluding hydrogens is 496 g/mol. The van der Waals surface area contributed by atoms with Gasteiger partial charge in [-0.1, -0.05) is 6.07 Å². The first-order valence-electron chi connectivity index (χ1n) is 10.3. The van der Waals surface area contributed by atoms with Gasteiger partial charge in [0.25, 0.3) is 0 Å². The first kappa shape index (κ1) is 23.0. The van der Waals surface area contributed by atoms with Crippen molar-refractivity contribution in [3.8, 4) is 23.0 Å². The third-order valence-corrected chi connectivity index (χ3v) is 5.85. The topological polar surface area (TPSA) is 39.9 Å². The molecule has 0 bridgehead atoms. The Labute approximate surface area is 200 Å². The first-order chi connectivity index (χ1) is 15.6. The summed E-state index contributed by atoms with van der Waals surface area (Å²) in [7, 11) is 3.19. The van der Waals surface area contributed by atoms with E-state index < -0.39 is 11.6 Å². The summed E-state index contributed by atoms with van der Waals surface area (Å²) in [5, 5.41) is 0. The Morgan fingerprint density at radius 3 is 2.45 bits per heavy atom. The maximum Gasteiger partial charge on any atom is 0.231 e. The highest BCUT2D eigenvalue weighted by molar-refractivity contribution is 6.11. The number of benzene rings is 3. The molecule has 5 rings (SSSR count). The lowest BCUT2D eigenvalue weighted by atomic mass is 9.91. The van der Waals surface area contributed by atoms with Crippen LogP contribution in [0.3, 0.4) is 0 Å². The fourth-order valence-corrected chi connectivity index (χ4v) is 4.39. The van der Waals surface area contributed by atoms with Gasteiger partial charge >= 0.3 is 0 Å². The molecule has 2 aliphatic rings. The highest BCUT2D eigenvalue weighted by Crippen LogP contribution is 2.38. The third kappa shape index (κ3) is 4.15. The van der Waals surface area contributed by atoms with E-state index in [1.54, 1.807) is 14.2 Å². The van der Waals surface area contributed by atoms with Gasteiger partial charge in [-0.15, -0.1) is 0 Å². The van der Waals surface area contributed by atoms with Gasteiger partial charge in [0, 0.05) is 12.5 Å². The maximum atomic E-state index is 15.0. The molecule has 0 N–H and O–H groups in total. The van der Waals surface area contributed by atoms with Gasteiger partial charge in [0.1, 0.15) is 18.2 Å². The summed E-state index contributed by atoms with van der Waals surface area (Å²) in [5.74, 6) is 1.32. The Hall–Kier alpha value is -3.13. The van der Waals surface area contributed by atoms with Crippen LogP contribution < -0.4 is 35.9 Å². The molecular formula is C25H22BrF2NO4. The molecule has 0 aromatic heterocycles. The minimum Gasteiger partial charge on any atom is -1.00 e. The molecule has 3 aromatic rings. The van der Waals surface area contributed by atoms with Crippen molar-refractivity contribution >= 4 is 5.71 Å². The van der Waals surface area contributed by atoms with Gasteiger partial charge in [0.15, 0.2) is 29.5 Å². The summed E-state index contributed by atoms with van der Waals surface area (Å²) in [6.45, 7) is 1.25. The molecule has 0 amide bonds. The van der Waals surface area contributed by atoms with Crippen molar-refractivity contribution < 1.29 is 49.3 Å². The van der Waals surface area contributed by atoms with E-state index in [4.69, 9.17) is 18.9 Å². The fraction of sp³-hybridized carbons (Fsp3) is 0.240. The molecule has 0 saturated carbocycles. The van der Waals surface area contributed by atoms with E-state index in [-0.39, 0.29) is 23.8 Å². The molecule has 0 atom stereocenters. The van der Waals surface area contributed by atoms with Crippen LogP contribution >= 0.6 is 0 Å². The molecule has 0 unspecified atom stereocenters. The van der Waals surface area contributed by atoms with Gasteiger partial charge in [0.05, 0.1) is 30.9 Å². The van der Waals surface area contributed by atoms with E-state index in [0.717, 1.165) is 29.2 Å². The molecule has 3 aromatic carbocycles. The molecule has 8 heteroatoms. The van der Waals surface area contributed by atoms with Crippen LogP contribution in [-0.4, -0.2) is 37.8 Å². The van der Waals surface area contributed by atoms with E-state index in [1.807, 2.05) is 30.3 Å². The van der Waals surface area contributed by atoms with Gasteiger partial charge in [-0.25, -0.2) is 13.4 Å². The maximum absolute atomic E-state index is 15.0. The monoisotopic (exact) mass is 517 g/mol. The van der Waals surface area contributed by atoms with Crippen molar-refractivity contribution in [3.63, 3.8) is 0 Å². The SMILES string of the molecule is COc1cccc(C[N+]2=C(c3ccc(F)cc3F)c3cc4c(cc3CC2)OCO4)c1OC.[Br-]. The lowest BCUT2D eigenvalue weighted by Gasteiger charge is -2.21. The van der Waals surface area contributed by atoms with Crippen LogP contribution in [0.4, 0.5) is 8.78 Å². The number of hydrogen-bond acceptors (Lipinski definition) is 4. The second kappa shape index (κ2) is 9.39. The van der Waals surface area contributed by atoms with Crippen molar-refractivity contribution in [2.24, 2.45) is 0 Å². The minimum absolute atomic E-state index is 0. The number of methoxy groups -OCH3 is 2. The van der Waals surface area contributed by atoms with Gasteiger partial charge in [-0.3, -0.25) is 0 Å². The average molecular weight is 518 g/mol. The van der Waals surface area contributed by atoms with Crippen LogP contribution in [0.15, 0.2) is 48.5 Å². The fourth-order valence-electron chi connectivity index (χ4n) is 4.39. The van der Waals surface area contributed by atoms with Crippen LogP contribution in [-0.2, 0) is 13.0 Å². The van der Waals surface area contributed by atoms with Crippen molar-refractivity contribution in [1.29, 1.82) is 0 Å². The molecule has 0 aliphatic carbocycles. The van der Waals surface area contributed by atoms with E-state index in [0.29, 0.717) is 47.4 Å². The van der Waals surface area contributed by atoms with E-state index in [1.165, 1.54) is 12.1 Å². The number of fused-ring (bicyclic) bond motifs is 2. The Bertz CT molecular complexity index is 1250. The van der Waals surface area contributed by atoms with Gasteiger partial charge < -0.3 is 35.9 Å². The minimum atomic E-state index is -0.617. The summed E-state index contributed by atoms with van der Waals surface area (Å²) in [4.78, 5) is 0. The smallest absolute Gasteiger partial charge is 0.231 e. The number of nitrogens with zero attached hydrogens (tertiary/aromatic N) is 1. The van der Waals surface area contributed by atoms with E-state index >= 15 is 0 Å². The molecule has 0 spiro atoms. The number of hydrogen-bond donors (Lipinski definition) is 0. The van der Waals surface area contributed by atoms with Gasteiger partial charge in [-0.05, 0) is 42.0 Å². The molecule has 172 valence electrons. The molecule has 2 aliphatic heterocycles. The zero-order valence-electron chi connectivity index (χ0n) is 18.2. The summed E-state index contributed by atoms with van der Waals surface area (Å²) < 4.78 is 52.9. The highest BCUT2D eigenvalue weighted by atomic mass is 79.9. The summed E-state index contributed by atoms with van der Waals surface area (Å²) in [5.41, 5.74) is 3.77. The lowest BCUT2D eigenvalue weighted by molar-refractivity contribution is -0.544. The summed E-state index contributed by atoms with van der Waals surface area (Å²) in [6.07, 6.45) is 0.741. The predicted octanol–water partition coefficient (Wildman–Crippen LogP) is 1.32. The molecule has 0 fully saturated rings. The van der Waals surface area contributed by atoms with Crippen molar-refractivity contribution in [2.75, 3.05) is 27.6 Å². The van der Waals surface area contributed by atoms with Crippen LogP contribution in [0.2, 0.25) is 0 Å². The predicted molar refractivity (Wildman–Crippen MR) is 114 cm³/mol. The second-order valence-corrected chi connectivity index (χ2v) is 7.66. The second-order valence-electron chi connectivity index (χ2n) is 7.66. The Morgan fingerprint density at radius 2 is 1.73 bits per heavy atom. The quantitative estimate of drug-likeness (QED) is 0.478. The normalized spacial score (nSPS) is 13.9. The molecule has 5 nitrogen and oxygen atoms in total. The van der Waals surface area contributed by atoms with Crippen molar-refractivity contribution in [2.45, 2.75) is 13.0 Å². The number of ether oxygens (including phenoxy) is 4. The summed E-state index contributed by atoms with van der Waals surface area (Å²) >= 11 is 0. The standard InChI is InChI=1S/C25H22F2NO4.BrH/c1-29-21-5-3-4-16(25(21)30-2)13-28-9-8-15-10-22-23(32-14-31-22)12-19(15)24(28)18-7-6-17(26)11-20(18)27;/h3-7,10-12H,8-9,13-14H2,1-2H3;1H/q+1;/p-1. The van der Waals surface area contributed by atoms with Crippen LogP contribution in [0.1, 0.15) is 22.3 Å². The molecule has 0 saturated heterocycles. The van der Waals surface area contributed by atoms with Gasteiger partial charge in [-0.2, -0.15) is 0 Å². The van der Waals surface area contributed by atoms with Crippen molar-refractivity contribution in [3.05, 3.63) is 82.4 Å². The summed E-state index contributed by atoms with van der Waals surface area (Å²) in [6, 6.07) is 13.2. The highest BCUT2D eigenvalue weighted by Gasteiger charge is 2.33. The Balaban J connectivity index is 0.00000259. The first-order valence-corrected chi connectivity index (χ1v) is 10.3. The Morgan fingerprint density at radius 1 is 0.939 bits per heavy atom. The Kier molecular flexibility index (Phi) is 6.56. The zero-order chi connectivity index (χ0) is 22.2. The third-order valence-electron chi connectivity index (χ3n) is 5.85. The number of rotatable bonds is 5. The van der Waals surface area contributed by atoms with Crippen LogP contribution in [0.5, 0.6) is 23.0 Å².